The van der Waals surface area contributed by atoms with Crippen LogP contribution in [0.2, 0.25) is 0 Å². The standard InChI is InChI=1S/C21H27FN6/c1-4-23-21(25-16(3)17-11-10-15(2)18(22)14-17)24-12-7-9-20-27-26-19-8-5-6-13-28(19)20/h5-6,8,10-11,13-14,16H,4,7,9,12H2,1-3H3,(H2,23,24,25). The third-order valence-electron chi connectivity index (χ3n) is 4.61. The summed E-state index contributed by atoms with van der Waals surface area (Å²) in [6.07, 6.45) is 3.63. The Morgan fingerprint density at radius 3 is 2.89 bits per heavy atom. The van der Waals surface area contributed by atoms with Crippen LogP contribution in [0.15, 0.2) is 47.6 Å². The number of guanidine groups is 1. The fraction of sp³-hybridized carbons (Fsp3) is 0.381. The lowest BCUT2D eigenvalue weighted by Crippen LogP contribution is -2.38. The number of benzene rings is 1. The quantitative estimate of drug-likeness (QED) is 0.373. The zero-order valence-electron chi connectivity index (χ0n) is 16.6. The van der Waals surface area contributed by atoms with Gasteiger partial charge in [-0.15, -0.1) is 10.2 Å². The average Bonchev–Trinajstić information content (AvgIpc) is 3.10. The number of hydrogen-bond donors (Lipinski definition) is 2. The maximum absolute atomic E-state index is 13.8. The lowest BCUT2D eigenvalue weighted by Gasteiger charge is -2.18. The van der Waals surface area contributed by atoms with E-state index in [1.165, 1.54) is 0 Å². The summed E-state index contributed by atoms with van der Waals surface area (Å²) in [5, 5.41) is 15.0. The summed E-state index contributed by atoms with van der Waals surface area (Å²) in [6, 6.07) is 11.1. The Morgan fingerprint density at radius 2 is 2.11 bits per heavy atom. The van der Waals surface area contributed by atoms with Crippen LogP contribution < -0.4 is 10.6 Å². The fourth-order valence-electron chi connectivity index (χ4n) is 2.98. The number of nitrogens with one attached hydrogen (secondary N) is 2. The molecule has 0 fully saturated rings. The molecule has 0 radical (unpaired) electrons. The number of rotatable bonds is 7. The molecule has 2 aromatic heterocycles. The Hall–Kier alpha value is -2.96. The minimum absolute atomic E-state index is 0.0478. The third kappa shape index (κ3) is 4.85. The predicted octanol–water partition coefficient (Wildman–Crippen LogP) is 3.43. The third-order valence-corrected chi connectivity index (χ3v) is 4.61. The van der Waals surface area contributed by atoms with Gasteiger partial charge in [-0.1, -0.05) is 18.2 Å². The highest BCUT2D eigenvalue weighted by Gasteiger charge is 2.10. The molecule has 2 heterocycles. The van der Waals surface area contributed by atoms with Crippen LogP contribution >= 0.6 is 0 Å². The molecule has 0 aliphatic carbocycles. The molecule has 0 spiro atoms. The first-order chi connectivity index (χ1) is 13.6. The minimum atomic E-state index is -0.186. The number of nitrogens with zero attached hydrogens (tertiary/aromatic N) is 4. The summed E-state index contributed by atoms with van der Waals surface area (Å²) in [7, 11) is 0. The summed E-state index contributed by atoms with van der Waals surface area (Å²) in [5.74, 6) is 1.47. The molecule has 1 atom stereocenters. The van der Waals surface area contributed by atoms with Crippen molar-refractivity contribution in [1.82, 2.24) is 25.2 Å². The van der Waals surface area contributed by atoms with Gasteiger partial charge in [-0.2, -0.15) is 0 Å². The summed E-state index contributed by atoms with van der Waals surface area (Å²) >= 11 is 0. The molecule has 0 saturated carbocycles. The van der Waals surface area contributed by atoms with E-state index in [4.69, 9.17) is 0 Å². The molecular formula is C21H27FN6. The molecule has 28 heavy (non-hydrogen) atoms. The van der Waals surface area contributed by atoms with Crippen molar-refractivity contribution < 1.29 is 4.39 Å². The Morgan fingerprint density at radius 1 is 1.25 bits per heavy atom. The molecule has 0 saturated heterocycles. The van der Waals surface area contributed by atoms with E-state index < -0.39 is 0 Å². The van der Waals surface area contributed by atoms with Crippen LogP contribution in [-0.4, -0.2) is 33.6 Å². The van der Waals surface area contributed by atoms with E-state index in [2.05, 4.69) is 25.8 Å². The van der Waals surface area contributed by atoms with Crippen molar-refractivity contribution in [2.75, 3.05) is 13.1 Å². The molecule has 0 bridgehead atoms. The van der Waals surface area contributed by atoms with Crippen LogP contribution in [0.1, 0.15) is 43.3 Å². The van der Waals surface area contributed by atoms with Gasteiger partial charge >= 0.3 is 0 Å². The number of fused-ring (bicyclic) bond motifs is 1. The van der Waals surface area contributed by atoms with E-state index in [1.807, 2.05) is 48.7 Å². The highest BCUT2D eigenvalue weighted by atomic mass is 19.1. The average molecular weight is 382 g/mol. The number of pyridine rings is 1. The molecule has 7 heteroatoms. The summed E-state index contributed by atoms with van der Waals surface area (Å²) < 4.78 is 15.8. The molecule has 2 N–H and O–H groups in total. The van der Waals surface area contributed by atoms with Gasteiger partial charge < -0.3 is 10.6 Å². The second-order valence-electron chi connectivity index (χ2n) is 6.78. The second kappa shape index (κ2) is 9.30. The fourth-order valence-corrected chi connectivity index (χ4v) is 2.98. The van der Waals surface area contributed by atoms with Crippen molar-refractivity contribution in [3.05, 3.63) is 65.4 Å². The Balaban J connectivity index is 1.58. The molecule has 148 valence electrons. The first kappa shape index (κ1) is 19.8. The van der Waals surface area contributed by atoms with Gasteiger partial charge in [0.25, 0.3) is 0 Å². The van der Waals surface area contributed by atoms with Gasteiger partial charge in [0.2, 0.25) is 0 Å². The van der Waals surface area contributed by atoms with Crippen LogP contribution in [0, 0.1) is 12.7 Å². The van der Waals surface area contributed by atoms with Gasteiger partial charge in [0.15, 0.2) is 11.6 Å². The maximum Gasteiger partial charge on any atom is 0.191 e. The number of halogens is 1. The first-order valence-corrected chi connectivity index (χ1v) is 9.68. The monoisotopic (exact) mass is 382 g/mol. The van der Waals surface area contributed by atoms with Gasteiger partial charge in [-0.05, 0) is 56.5 Å². The normalized spacial score (nSPS) is 12.9. The summed E-state index contributed by atoms with van der Waals surface area (Å²) in [6.45, 7) is 7.21. The minimum Gasteiger partial charge on any atom is -0.357 e. The second-order valence-corrected chi connectivity index (χ2v) is 6.78. The maximum atomic E-state index is 13.8. The van der Waals surface area contributed by atoms with Crippen molar-refractivity contribution in [3.8, 4) is 0 Å². The Kier molecular flexibility index (Phi) is 6.57. The van der Waals surface area contributed by atoms with Gasteiger partial charge in [-0.25, -0.2) is 4.39 Å². The van der Waals surface area contributed by atoms with Crippen molar-refractivity contribution in [2.45, 2.75) is 39.7 Å². The Bertz CT molecular complexity index is 949. The Labute approximate surface area is 164 Å². The highest BCUT2D eigenvalue weighted by molar-refractivity contribution is 5.80. The number of aryl methyl sites for hydroxylation is 2. The predicted molar refractivity (Wildman–Crippen MR) is 110 cm³/mol. The molecule has 0 aliphatic heterocycles. The first-order valence-electron chi connectivity index (χ1n) is 9.68. The van der Waals surface area contributed by atoms with Crippen LogP contribution in [0.3, 0.4) is 0 Å². The molecule has 6 nitrogen and oxygen atoms in total. The lowest BCUT2D eigenvalue weighted by molar-refractivity contribution is 0.607. The molecule has 1 aromatic carbocycles. The van der Waals surface area contributed by atoms with Crippen molar-refractivity contribution in [3.63, 3.8) is 0 Å². The molecular weight excluding hydrogens is 355 g/mol. The van der Waals surface area contributed by atoms with Crippen molar-refractivity contribution in [2.24, 2.45) is 4.99 Å². The summed E-state index contributed by atoms with van der Waals surface area (Å²) in [4.78, 5) is 4.64. The van der Waals surface area contributed by atoms with Crippen molar-refractivity contribution in [1.29, 1.82) is 0 Å². The topological polar surface area (TPSA) is 66.6 Å². The van der Waals surface area contributed by atoms with Gasteiger partial charge in [0.1, 0.15) is 11.6 Å². The van der Waals surface area contributed by atoms with Gasteiger partial charge in [0, 0.05) is 25.7 Å². The van der Waals surface area contributed by atoms with E-state index in [1.54, 1.807) is 19.1 Å². The number of aliphatic imine (C=N–C) groups is 1. The molecule has 3 rings (SSSR count). The SMILES string of the molecule is CCNC(=NCCCc1nnc2ccccn12)NC(C)c1ccc(C)c(F)c1. The number of hydrogen-bond acceptors (Lipinski definition) is 3. The smallest absolute Gasteiger partial charge is 0.191 e. The lowest BCUT2D eigenvalue weighted by atomic mass is 10.1. The van der Waals surface area contributed by atoms with Crippen molar-refractivity contribution >= 4 is 11.6 Å². The van der Waals surface area contributed by atoms with Crippen LogP contribution in [0.25, 0.3) is 5.65 Å². The highest BCUT2D eigenvalue weighted by Crippen LogP contribution is 2.16. The van der Waals surface area contributed by atoms with E-state index in [9.17, 15) is 4.39 Å². The van der Waals surface area contributed by atoms with E-state index in [-0.39, 0.29) is 11.9 Å². The van der Waals surface area contributed by atoms with Crippen LogP contribution in [-0.2, 0) is 6.42 Å². The zero-order valence-corrected chi connectivity index (χ0v) is 16.6. The van der Waals surface area contributed by atoms with Gasteiger partial charge in [0.05, 0.1) is 6.04 Å². The van der Waals surface area contributed by atoms with Gasteiger partial charge in [-0.3, -0.25) is 9.39 Å². The zero-order chi connectivity index (χ0) is 19.9. The number of aromatic nitrogens is 3. The molecule has 1 unspecified atom stereocenters. The molecule has 0 aliphatic rings. The van der Waals surface area contributed by atoms with Crippen LogP contribution in [0.5, 0.6) is 0 Å². The van der Waals surface area contributed by atoms with Crippen LogP contribution in [0.4, 0.5) is 4.39 Å². The van der Waals surface area contributed by atoms with E-state index in [0.717, 1.165) is 42.4 Å². The summed E-state index contributed by atoms with van der Waals surface area (Å²) in [5.41, 5.74) is 2.40. The van der Waals surface area contributed by atoms with E-state index >= 15 is 0 Å². The van der Waals surface area contributed by atoms with E-state index in [0.29, 0.717) is 12.1 Å². The largest absolute Gasteiger partial charge is 0.357 e. The molecule has 0 amide bonds. The molecule has 3 aromatic rings.